The number of hydrogen-bond donors (Lipinski definition) is 0. The van der Waals surface area contributed by atoms with Crippen LogP contribution in [0.5, 0.6) is 5.75 Å². The Kier molecular flexibility index (Phi) is 4.39. The molecule has 0 atom stereocenters. The quantitative estimate of drug-likeness (QED) is 0.661. The number of methoxy groups -OCH3 is 1. The van der Waals surface area contributed by atoms with Crippen molar-refractivity contribution in [1.29, 1.82) is 0 Å². The number of rotatable bonds is 5. The Morgan fingerprint density at radius 2 is 1.77 bits per heavy atom. The van der Waals surface area contributed by atoms with Crippen molar-refractivity contribution >= 4 is 11.8 Å². The second-order valence-electron chi connectivity index (χ2n) is 4.47. The molecule has 0 aliphatic rings. The van der Waals surface area contributed by atoms with Crippen LogP contribution in [0, 0.1) is 5.82 Å². The Bertz CT molecular complexity index is 742. The van der Waals surface area contributed by atoms with E-state index in [0.29, 0.717) is 17.5 Å². The first-order valence-corrected chi connectivity index (χ1v) is 7.58. The van der Waals surface area contributed by atoms with E-state index in [1.165, 1.54) is 23.9 Å². The lowest BCUT2D eigenvalue weighted by molar-refractivity contribution is 0.415. The van der Waals surface area contributed by atoms with Gasteiger partial charge < -0.3 is 9.15 Å². The van der Waals surface area contributed by atoms with Gasteiger partial charge in [-0.1, -0.05) is 0 Å². The molecule has 4 nitrogen and oxygen atoms in total. The summed E-state index contributed by atoms with van der Waals surface area (Å²) in [6.45, 7) is 0. The van der Waals surface area contributed by atoms with Crippen LogP contribution in [-0.2, 0) is 5.75 Å². The highest BCUT2D eigenvalue weighted by atomic mass is 32.2. The molecule has 0 N–H and O–H groups in total. The minimum Gasteiger partial charge on any atom is -0.497 e. The summed E-state index contributed by atoms with van der Waals surface area (Å²) < 4.78 is 23.6. The molecule has 0 amide bonds. The van der Waals surface area contributed by atoms with Gasteiger partial charge in [0, 0.05) is 10.5 Å². The first kappa shape index (κ1) is 14.6. The van der Waals surface area contributed by atoms with Crippen LogP contribution in [0.3, 0.4) is 0 Å². The molecule has 0 bridgehead atoms. The summed E-state index contributed by atoms with van der Waals surface area (Å²) in [5.41, 5.74) is 0.839. The summed E-state index contributed by atoms with van der Waals surface area (Å²) >= 11 is 1.51. The summed E-state index contributed by atoms with van der Waals surface area (Å²) in [4.78, 5) is 0.950. The zero-order valence-corrected chi connectivity index (χ0v) is 12.6. The molecule has 22 heavy (non-hydrogen) atoms. The molecule has 0 unspecified atom stereocenters. The first-order chi connectivity index (χ1) is 10.7. The third kappa shape index (κ3) is 3.46. The fraction of sp³-hybridized carbons (Fsp3) is 0.125. The van der Waals surface area contributed by atoms with E-state index in [1.807, 2.05) is 24.3 Å². The molecule has 2 aromatic carbocycles. The van der Waals surface area contributed by atoms with Crippen LogP contribution in [0.4, 0.5) is 4.39 Å². The molecule has 0 saturated carbocycles. The maximum absolute atomic E-state index is 12.8. The van der Waals surface area contributed by atoms with E-state index in [1.54, 1.807) is 19.2 Å². The highest BCUT2D eigenvalue weighted by Gasteiger charge is 2.09. The van der Waals surface area contributed by atoms with Gasteiger partial charge >= 0.3 is 0 Å². The molecular formula is C16H13FN2O2S. The van der Waals surface area contributed by atoms with Crippen LogP contribution >= 0.6 is 11.8 Å². The second kappa shape index (κ2) is 6.62. The van der Waals surface area contributed by atoms with Crippen molar-refractivity contribution in [1.82, 2.24) is 10.2 Å². The van der Waals surface area contributed by atoms with E-state index in [0.717, 1.165) is 16.2 Å². The van der Waals surface area contributed by atoms with E-state index in [4.69, 9.17) is 9.15 Å². The van der Waals surface area contributed by atoms with Crippen LogP contribution < -0.4 is 4.74 Å². The smallest absolute Gasteiger partial charge is 0.247 e. The number of hydrogen-bond acceptors (Lipinski definition) is 5. The number of thioether (sulfide) groups is 1. The molecule has 0 aliphatic carbocycles. The number of aromatic nitrogens is 2. The van der Waals surface area contributed by atoms with Crippen molar-refractivity contribution in [2.45, 2.75) is 10.6 Å². The molecule has 112 valence electrons. The van der Waals surface area contributed by atoms with Gasteiger partial charge in [-0.25, -0.2) is 4.39 Å². The monoisotopic (exact) mass is 316 g/mol. The zero-order chi connectivity index (χ0) is 15.4. The average molecular weight is 316 g/mol. The Balaban J connectivity index is 1.66. The number of halogens is 1. The lowest BCUT2D eigenvalue weighted by atomic mass is 10.2. The summed E-state index contributed by atoms with van der Waals surface area (Å²) in [6, 6.07) is 13.7. The normalized spacial score (nSPS) is 10.6. The van der Waals surface area contributed by atoms with E-state index in [9.17, 15) is 4.39 Å². The standard InChI is InChI=1S/C16H13FN2O2S/c1-20-13-6-2-11(3-7-13)16-19-18-15(21-16)10-22-14-8-4-12(17)5-9-14/h2-9H,10H2,1H3. The zero-order valence-electron chi connectivity index (χ0n) is 11.8. The topological polar surface area (TPSA) is 48.2 Å². The highest BCUT2D eigenvalue weighted by Crippen LogP contribution is 2.25. The van der Waals surface area contributed by atoms with Gasteiger partial charge in [0.1, 0.15) is 11.6 Å². The Labute approximate surface area is 131 Å². The molecule has 0 radical (unpaired) electrons. The number of benzene rings is 2. The van der Waals surface area contributed by atoms with Crippen molar-refractivity contribution in [2.24, 2.45) is 0 Å². The van der Waals surface area contributed by atoms with Gasteiger partial charge in [0.2, 0.25) is 11.8 Å². The predicted octanol–water partition coefficient (Wildman–Crippen LogP) is 4.18. The van der Waals surface area contributed by atoms with Gasteiger partial charge in [-0.3, -0.25) is 0 Å². The van der Waals surface area contributed by atoms with Crippen molar-refractivity contribution < 1.29 is 13.5 Å². The lowest BCUT2D eigenvalue weighted by Crippen LogP contribution is -1.82. The highest BCUT2D eigenvalue weighted by molar-refractivity contribution is 7.98. The minimum atomic E-state index is -0.246. The molecule has 6 heteroatoms. The van der Waals surface area contributed by atoms with Crippen LogP contribution in [0.1, 0.15) is 5.89 Å². The SMILES string of the molecule is COc1ccc(-c2nnc(CSc3ccc(F)cc3)o2)cc1. The van der Waals surface area contributed by atoms with E-state index >= 15 is 0 Å². The maximum atomic E-state index is 12.8. The van der Waals surface area contributed by atoms with Crippen molar-refractivity contribution in [2.75, 3.05) is 7.11 Å². The molecule has 0 spiro atoms. The predicted molar refractivity (Wildman–Crippen MR) is 82.2 cm³/mol. The van der Waals surface area contributed by atoms with E-state index < -0.39 is 0 Å². The van der Waals surface area contributed by atoms with Crippen LogP contribution in [-0.4, -0.2) is 17.3 Å². The summed E-state index contributed by atoms with van der Waals surface area (Å²) in [5.74, 6) is 2.06. The van der Waals surface area contributed by atoms with Gasteiger partial charge in [0.25, 0.3) is 0 Å². The van der Waals surface area contributed by atoms with Crippen LogP contribution in [0.15, 0.2) is 57.8 Å². The largest absolute Gasteiger partial charge is 0.497 e. The van der Waals surface area contributed by atoms with Crippen molar-refractivity contribution in [3.8, 4) is 17.2 Å². The van der Waals surface area contributed by atoms with Gasteiger partial charge in [-0.2, -0.15) is 0 Å². The minimum absolute atomic E-state index is 0.246. The Morgan fingerprint density at radius 3 is 2.45 bits per heavy atom. The van der Waals surface area contributed by atoms with E-state index in [2.05, 4.69) is 10.2 Å². The molecular weight excluding hydrogens is 303 g/mol. The number of ether oxygens (including phenoxy) is 1. The molecule has 0 saturated heterocycles. The average Bonchev–Trinajstić information content (AvgIpc) is 3.03. The molecule has 1 heterocycles. The van der Waals surface area contributed by atoms with Crippen molar-refractivity contribution in [3.05, 3.63) is 60.2 Å². The fourth-order valence-electron chi connectivity index (χ4n) is 1.84. The Morgan fingerprint density at radius 1 is 1.05 bits per heavy atom. The van der Waals surface area contributed by atoms with Gasteiger partial charge in [-0.15, -0.1) is 22.0 Å². The second-order valence-corrected chi connectivity index (χ2v) is 5.52. The molecule has 3 rings (SSSR count). The molecule has 3 aromatic rings. The molecule has 0 aliphatic heterocycles. The Hall–Kier alpha value is -2.34. The molecule has 0 fully saturated rings. The number of nitrogens with zero attached hydrogens (tertiary/aromatic N) is 2. The van der Waals surface area contributed by atoms with Gasteiger partial charge in [0.05, 0.1) is 12.9 Å². The van der Waals surface area contributed by atoms with Crippen molar-refractivity contribution in [3.63, 3.8) is 0 Å². The third-order valence-corrected chi connectivity index (χ3v) is 3.98. The summed E-state index contributed by atoms with van der Waals surface area (Å²) in [6.07, 6.45) is 0. The lowest BCUT2D eigenvalue weighted by Gasteiger charge is -1.99. The van der Waals surface area contributed by atoms with Crippen LogP contribution in [0.2, 0.25) is 0 Å². The summed E-state index contributed by atoms with van der Waals surface area (Å²) in [7, 11) is 1.62. The van der Waals surface area contributed by atoms with Crippen LogP contribution in [0.25, 0.3) is 11.5 Å². The summed E-state index contributed by atoms with van der Waals surface area (Å²) in [5, 5.41) is 8.06. The maximum Gasteiger partial charge on any atom is 0.247 e. The van der Waals surface area contributed by atoms with E-state index in [-0.39, 0.29) is 5.82 Å². The molecule has 1 aromatic heterocycles. The van der Waals surface area contributed by atoms with Gasteiger partial charge in [0.15, 0.2) is 0 Å². The van der Waals surface area contributed by atoms with Gasteiger partial charge in [-0.05, 0) is 48.5 Å². The fourth-order valence-corrected chi connectivity index (χ4v) is 2.57. The third-order valence-electron chi connectivity index (χ3n) is 2.98. The first-order valence-electron chi connectivity index (χ1n) is 6.60.